The topological polar surface area (TPSA) is 61.2 Å². The largest absolute Gasteiger partial charge is 0.334 e. The molecular formula is C18H16N2O2S. The summed E-state index contributed by atoms with van der Waals surface area (Å²) in [4.78, 5) is 27.3. The van der Waals surface area contributed by atoms with E-state index in [4.69, 9.17) is 5.26 Å². The van der Waals surface area contributed by atoms with E-state index in [0.29, 0.717) is 29.0 Å². The van der Waals surface area contributed by atoms with E-state index in [0.717, 1.165) is 12.8 Å². The Hall–Kier alpha value is -2.45. The molecule has 1 aromatic heterocycles. The number of hydrogen-bond acceptors (Lipinski definition) is 4. The molecule has 0 N–H and O–H groups in total. The molecule has 0 aliphatic carbocycles. The molecule has 1 aliphatic rings. The molecule has 1 fully saturated rings. The van der Waals surface area contributed by atoms with E-state index in [1.54, 1.807) is 28.5 Å². The van der Waals surface area contributed by atoms with Crippen LogP contribution in [-0.4, -0.2) is 29.2 Å². The average Bonchev–Trinajstić information content (AvgIpc) is 3.24. The van der Waals surface area contributed by atoms with Gasteiger partial charge in [-0.3, -0.25) is 9.59 Å². The predicted octanol–water partition coefficient (Wildman–Crippen LogP) is 3.50. The minimum Gasteiger partial charge on any atom is -0.334 e. The van der Waals surface area contributed by atoms with E-state index in [-0.39, 0.29) is 17.7 Å². The molecular weight excluding hydrogens is 308 g/mol. The van der Waals surface area contributed by atoms with Crippen molar-refractivity contribution in [2.24, 2.45) is 0 Å². The SMILES string of the molecule is N#Cc1ccsc1C(=O)N1CCC[C@@H]1CC(=O)c1ccccc1. The third-order valence-corrected chi connectivity index (χ3v) is 5.04. The van der Waals surface area contributed by atoms with Crippen molar-refractivity contribution in [3.63, 3.8) is 0 Å². The van der Waals surface area contributed by atoms with E-state index in [2.05, 4.69) is 6.07 Å². The van der Waals surface area contributed by atoms with Gasteiger partial charge < -0.3 is 4.90 Å². The van der Waals surface area contributed by atoms with Crippen LogP contribution in [-0.2, 0) is 0 Å². The summed E-state index contributed by atoms with van der Waals surface area (Å²) in [5, 5.41) is 10.8. The van der Waals surface area contributed by atoms with Gasteiger partial charge in [-0.1, -0.05) is 30.3 Å². The summed E-state index contributed by atoms with van der Waals surface area (Å²) in [7, 11) is 0. The molecule has 2 aromatic rings. The van der Waals surface area contributed by atoms with Crippen molar-refractivity contribution in [3.8, 4) is 6.07 Å². The van der Waals surface area contributed by atoms with Gasteiger partial charge in [-0.05, 0) is 24.3 Å². The summed E-state index contributed by atoms with van der Waals surface area (Å²) >= 11 is 1.29. The smallest absolute Gasteiger partial charge is 0.265 e. The Kier molecular flexibility index (Phi) is 4.54. The molecule has 0 unspecified atom stereocenters. The molecule has 116 valence electrons. The van der Waals surface area contributed by atoms with Crippen LogP contribution >= 0.6 is 11.3 Å². The van der Waals surface area contributed by atoms with Gasteiger partial charge in [0, 0.05) is 24.6 Å². The molecule has 1 saturated heterocycles. The Balaban J connectivity index is 1.75. The second-order valence-corrected chi connectivity index (χ2v) is 6.48. The maximum atomic E-state index is 12.7. The summed E-state index contributed by atoms with van der Waals surface area (Å²) in [6.07, 6.45) is 2.06. The van der Waals surface area contributed by atoms with Crippen molar-refractivity contribution in [3.05, 3.63) is 57.8 Å². The molecule has 2 heterocycles. The zero-order valence-corrected chi connectivity index (χ0v) is 13.4. The lowest BCUT2D eigenvalue weighted by Crippen LogP contribution is -2.36. The molecule has 3 rings (SSSR count). The third-order valence-electron chi connectivity index (χ3n) is 4.13. The lowest BCUT2D eigenvalue weighted by molar-refractivity contribution is 0.0721. The number of nitrogens with zero attached hydrogens (tertiary/aromatic N) is 2. The van der Waals surface area contributed by atoms with Gasteiger partial charge in [0.05, 0.1) is 5.56 Å². The molecule has 1 aromatic carbocycles. The second kappa shape index (κ2) is 6.76. The highest BCUT2D eigenvalue weighted by Crippen LogP contribution is 2.27. The average molecular weight is 324 g/mol. The van der Waals surface area contributed by atoms with Crippen LogP contribution in [0.25, 0.3) is 0 Å². The van der Waals surface area contributed by atoms with Gasteiger partial charge in [-0.15, -0.1) is 11.3 Å². The monoisotopic (exact) mass is 324 g/mol. The molecule has 0 bridgehead atoms. The first-order chi connectivity index (χ1) is 11.2. The molecule has 5 heteroatoms. The molecule has 0 spiro atoms. The van der Waals surface area contributed by atoms with E-state index >= 15 is 0 Å². The van der Waals surface area contributed by atoms with Crippen molar-refractivity contribution in [1.29, 1.82) is 5.26 Å². The minimum absolute atomic E-state index is 0.0574. The third kappa shape index (κ3) is 3.17. The Morgan fingerprint density at radius 1 is 1.26 bits per heavy atom. The first kappa shape index (κ1) is 15.4. The molecule has 1 atom stereocenters. The van der Waals surface area contributed by atoms with Gasteiger partial charge in [0.25, 0.3) is 5.91 Å². The zero-order chi connectivity index (χ0) is 16.2. The standard InChI is InChI=1S/C18H16N2O2S/c19-12-14-8-10-23-17(14)18(22)20-9-4-7-15(20)11-16(21)13-5-2-1-3-6-13/h1-3,5-6,8,10,15H,4,7,9,11H2/t15-/m1/s1. The first-order valence-corrected chi connectivity index (χ1v) is 8.45. The number of Topliss-reactive ketones (excluding diaryl/α,β-unsaturated/α-hetero) is 1. The molecule has 4 nitrogen and oxygen atoms in total. The summed E-state index contributed by atoms with van der Waals surface area (Å²) in [6, 6.07) is 12.8. The number of ketones is 1. The summed E-state index contributed by atoms with van der Waals surface area (Å²) in [5.74, 6) is -0.0677. The fourth-order valence-electron chi connectivity index (χ4n) is 2.96. The van der Waals surface area contributed by atoms with Crippen molar-refractivity contribution in [1.82, 2.24) is 4.90 Å². The first-order valence-electron chi connectivity index (χ1n) is 7.57. The maximum Gasteiger partial charge on any atom is 0.265 e. The summed E-state index contributed by atoms with van der Waals surface area (Å²) in [5.41, 5.74) is 1.10. The number of rotatable bonds is 4. The van der Waals surface area contributed by atoms with Gasteiger partial charge in [0.2, 0.25) is 0 Å². The lowest BCUT2D eigenvalue weighted by atomic mass is 10.0. The normalized spacial score (nSPS) is 17.0. The van der Waals surface area contributed by atoms with Crippen LogP contribution in [0.3, 0.4) is 0 Å². The number of amides is 1. The van der Waals surface area contributed by atoms with Crippen LogP contribution in [0.2, 0.25) is 0 Å². The van der Waals surface area contributed by atoms with Gasteiger partial charge in [-0.2, -0.15) is 5.26 Å². The van der Waals surface area contributed by atoms with Gasteiger partial charge in [-0.25, -0.2) is 0 Å². The molecule has 23 heavy (non-hydrogen) atoms. The molecule has 1 aliphatic heterocycles. The number of thiophene rings is 1. The van der Waals surface area contributed by atoms with Crippen LogP contribution in [0.4, 0.5) is 0 Å². The van der Waals surface area contributed by atoms with Crippen molar-refractivity contribution in [2.45, 2.75) is 25.3 Å². The van der Waals surface area contributed by atoms with Crippen LogP contribution < -0.4 is 0 Å². The van der Waals surface area contributed by atoms with Crippen molar-refractivity contribution in [2.75, 3.05) is 6.54 Å². The van der Waals surface area contributed by atoms with Gasteiger partial charge in [0.15, 0.2) is 5.78 Å². The minimum atomic E-state index is -0.125. The summed E-state index contributed by atoms with van der Waals surface area (Å²) in [6.45, 7) is 0.647. The van der Waals surface area contributed by atoms with Gasteiger partial charge in [0.1, 0.15) is 10.9 Å². The Bertz CT molecular complexity index is 761. The van der Waals surface area contributed by atoms with E-state index < -0.39 is 0 Å². The number of benzene rings is 1. The fourth-order valence-corrected chi connectivity index (χ4v) is 3.76. The highest BCUT2D eigenvalue weighted by molar-refractivity contribution is 7.12. The number of carbonyl (C=O) groups is 2. The van der Waals surface area contributed by atoms with E-state index in [1.807, 2.05) is 18.2 Å². The molecule has 0 radical (unpaired) electrons. The predicted molar refractivity (Wildman–Crippen MR) is 88.5 cm³/mol. The highest BCUT2D eigenvalue weighted by Gasteiger charge is 2.32. The Labute approximate surface area is 139 Å². The number of carbonyl (C=O) groups excluding carboxylic acids is 2. The second-order valence-electron chi connectivity index (χ2n) is 5.56. The fraction of sp³-hybridized carbons (Fsp3) is 0.278. The van der Waals surface area contributed by atoms with Crippen molar-refractivity contribution < 1.29 is 9.59 Å². The Morgan fingerprint density at radius 3 is 2.78 bits per heavy atom. The number of likely N-dealkylation sites (tertiary alicyclic amines) is 1. The summed E-state index contributed by atoms with van der Waals surface area (Å²) < 4.78 is 0. The van der Waals surface area contributed by atoms with Crippen LogP contribution in [0, 0.1) is 11.3 Å². The van der Waals surface area contributed by atoms with E-state index in [9.17, 15) is 9.59 Å². The highest BCUT2D eigenvalue weighted by atomic mass is 32.1. The number of nitriles is 1. The Morgan fingerprint density at radius 2 is 2.04 bits per heavy atom. The molecule has 1 amide bonds. The molecule has 0 saturated carbocycles. The maximum absolute atomic E-state index is 12.7. The lowest BCUT2D eigenvalue weighted by Gasteiger charge is -2.24. The van der Waals surface area contributed by atoms with E-state index in [1.165, 1.54) is 11.3 Å². The number of hydrogen-bond donors (Lipinski definition) is 0. The van der Waals surface area contributed by atoms with Crippen LogP contribution in [0.15, 0.2) is 41.8 Å². The van der Waals surface area contributed by atoms with Gasteiger partial charge >= 0.3 is 0 Å². The van der Waals surface area contributed by atoms with Crippen molar-refractivity contribution >= 4 is 23.0 Å². The van der Waals surface area contributed by atoms with Crippen LogP contribution in [0.5, 0.6) is 0 Å². The van der Waals surface area contributed by atoms with Crippen LogP contribution in [0.1, 0.15) is 44.9 Å². The quantitative estimate of drug-likeness (QED) is 0.809. The zero-order valence-electron chi connectivity index (χ0n) is 12.6.